The highest BCUT2D eigenvalue weighted by Crippen LogP contribution is 2.21. The van der Waals surface area contributed by atoms with Crippen LogP contribution in [0, 0.1) is 6.92 Å². The summed E-state index contributed by atoms with van der Waals surface area (Å²) in [6, 6.07) is 14.8. The van der Waals surface area contributed by atoms with Gasteiger partial charge in [0.25, 0.3) is 5.91 Å². The monoisotopic (exact) mass is 403 g/mol. The van der Waals surface area contributed by atoms with Crippen molar-refractivity contribution in [1.29, 1.82) is 0 Å². The van der Waals surface area contributed by atoms with Crippen LogP contribution in [0.15, 0.2) is 48.5 Å². The van der Waals surface area contributed by atoms with Crippen LogP contribution < -0.4 is 10.1 Å². The summed E-state index contributed by atoms with van der Waals surface area (Å²) >= 11 is 0. The maximum atomic E-state index is 12.5. The molecule has 1 aliphatic heterocycles. The van der Waals surface area contributed by atoms with Gasteiger partial charge in [-0.2, -0.15) is 0 Å². The smallest absolute Gasteiger partial charge is 0.251 e. The fourth-order valence-corrected chi connectivity index (χ4v) is 3.11. The van der Waals surface area contributed by atoms with Gasteiger partial charge < -0.3 is 35.2 Å². The van der Waals surface area contributed by atoms with Gasteiger partial charge >= 0.3 is 0 Å². The summed E-state index contributed by atoms with van der Waals surface area (Å²) in [4.78, 5) is 12.5. The minimum Gasteiger partial charge on any atom is -0.489 e. The summed E-state index contributed by atoms with van der Waals surface area (Å²) in [5.74, 6) is 0.234. The average Bonchev–Trinajstić information content (AvgIpc) is 2.73. The maximum Gasteiger partial charge on any atom is 0.251 e. The van der Waals surface area contributed by atoms with Gasteiger partial charge in [0.05, 0.1) is 0 Å². The van der Waals surface area contributed by atoms with Gasteiger partial charge in [0, 0.05) is 12.1 Å². The van der Waals surface area contributed by atoms with Crippen LogP contribution >= 0.6 is 0 Å². The van der Waals surface area contributed by atoms with E-state index in [9.17, 15) is 25.2 Å². The van der Waals surface area contributed by atoms with Crippen molar-refractivity contribution in [3.8, 4) is 5.75 Å². The molecule has 2 aromatic rings. The molecule has 0 spiro atoms. The molecule has 1 saturated heterocycles. The van der Waals surface area contributed by atoms with E-state index in [2.05, 4.69) is 5.32 Å². The molecular formula is C21H25NO7. The molecule has 1 amide bonds. The van der Waals surface area contributed by atoms with Crippen molar-refractivity contribution in [2.24, 2.45) is 0 Å². The predicted molar refractivity (Wildman–Crippen MR) is 103 cm³/mol. The van der Waals surface area contributed by atoms with Crippen LogP contribution in [0.5, 0.6) is 5.75 Å². The fourth-order valence-electron chi connectivity index (χ4n) is 3.11. The highest BCUT2D eigenvalue weighted by molar-refractivity contribution is 5.95. The fraction of sp³-hybridized carbons (Fsp3) is 0.381. The highest BCUT2D eigenvalue weighted by atomic mass is 16.6. The van der Waals surface area contributed by atoms with Crippen molar-refractivity contribution in [3.63, 3.8) is 0 Å². The van der Waals surface area contributed by atoms with Crippen LogP contribution in [0.3, 0.4) is 0 Å². The highest BCUT2D eigenvalue weighted by Gasteiger charge is 2.42. The third kappa shape index (κ3) is 5.11. The zero-order valence-electron chi connectivity index (χ0n) is 15.9. The Kier molecular flexibility index (Phi) is 6.83. The molecule has 1 fully saturated rings. The molecule has 1 unspecified atom stereocenters. The van der Waals surface area contributed by atoms with Crippen molar-refractivity contribution in [1.82, 2.24) is 5.32 Å². The number of aryl methyl sites for hydroxylation is 1. The molecule has 8 nitrogen and oxygen atoms in total. The molecular weight excluding hydrogens is 378 g/mol. The summed E-state index contributed by atoms with van der Waals surface area (Å²) in [6.45, 7) is 2.05. The van der Waals surface area contributed by atoms with Gasteiger partial charge in [-0.15, -0.1) is 0 Å². The largest absolute Gasteiger partial charge is 0.489 e. The number of ether oxygens (including phenoxy) is 2. The lowest BCUT2D eigenvalue weighted by molar-refractivity contribution is -0.279. The predicted octanol–water partition coefficient (Wildman–Crippen LogP) is 0.104. The standard InChI is InChI=1S/C21H25NO7/c1-12-9-14(28-11-13-5-3-2-4-6-13)7-8-15(12)20(26)22-10-16-17(23)18(24)19(25)21(27)29-16/h2-9,16-19,21,23-25,27H,10-11H2,1H3,(H,22,26)/t16-,17+,18+,19-,21?/m1/s1. The van der Waals surface area contributed by atoms with Gasteiger partial charge in [-0.3, -0.25) is 4.79 Å². The number of benzene rings is 2. The number of rotatable bonds is 6. The van der Waals surface area contributed by atoms with E-state index in [1.165, 1.54) is 0 Å². The van der Waals surface area contributed by atoms with E-state index < -0.39 is 36.6 Å². The van der Waals surface area contributed by atoms with Crippen molar-refractivity contribution < 1.29 is 34.7 Å². The number of amides is 1. The van der Waals surface area contributed by atoms with Gasteiger partial charge in [-0.1, -0.05) is 30.3 Å². The molecule has 0 bridgehead atoms. The van der Waals surface area contributed by atoms with Crippen molar-refractivity contribution in [3.05, 3.63) is 65.2 Å². The number of carbonyl (C=O) groups is 1. The van der Waals surface area contributed by atoms with E-state index in [0.29, 0.717) is 23.5 Å². The van der Waals surface area contributed by atoms with Gasteiger partial charge in [-0.25, -0.2) is 0 Å². The number of aliphatic hydroxyl groups excluding tert-OH is 4. The minimum absolute atomic E-state index is 0.146. The summed E-state index contributed by atoms with van der Waals surface area (Å²) < 4.78 is 10.8. The first-order chi connectivity index (χ1) is 13.9. The van der Waals surface area contributed by atoms with E-state index in [-0.39, 0.29) is 6.54 Å². The first-order valence-corrected chi connectivity index (χ1v) is 9.30. The number of hydrogen-bond donors (Lipinski definition) is 5. The SMILES string of the molecule is Cc1cc(OCc2ccccc2)ccc1C(=O)NC[C@H]1OC(O)[C@H](O)[C@@H](O)[C@H]1O. The van der Waals surface area contributed by atoms with Gasteiger partial charge in [0.2, 0.25) is 0 Å². The number of aliphatic hydroxyl groups is 4. The zero-order chi connectivity index (χ0) is 21.0. The van der Waals surface area contributed by atoms with E-state index >= 15 is 0 Å². The minimum atomic E-state index is -1.64. The molecule has 156 valence electrons. The summed E-state index contributed by atoms with van der Waals surface area (Å²) in [6.07, 6.45) is -7.31. The number of carbonyl (C=O) groups excluding carboxylic acids is 1. The van der Waals surface area contributed by atoms with Crippen LogP contribution in [0.1, 0.15) is 21.5 Å². The third-order valence-corrected chi connectivity index (χ3v) is 4.84. The Morgan fingerprint density at radius 3 is 2.45 bits per heavy atom. The number of nitrogens with one attached hydrogen (secondary N) is 1. The van der Waals surface area contributed by atoms with Crippen LogP contribution in [0.2, 0.25) is 0 Å². The summed E-state index contributed by atoms with van der Waals surface area (Å²) in [5.41, 5.74) is 2.16. The second-order valence-electron chi connectivity index (χ2n) is 7.00. The van der Waals surface area contributed by atoms with E-state index in [1.54, 1.807) is 25.1 Å². The first kappa shape index (κ1) is 21.2. The van der Waals surface area contributed by atoms with Crippen molar-refractivity contribution in [2.75, 3.05) is 6.54 Å². The molecule has 0 radical (unpaired) electrons. The Balaban J connectivity index is 1.57. The van der Waals surface area contributed by atoms with Crippen LogP contribution in [-0.2, 0) is 11.3 Å². The second-order valence-corrected chi connectivity index (χ2v) is 7.00. The second kappa shape index (κ2) is 9.34. The Labute approximate surface area is 168 Å². The molecule has 0 aromatic heterocycles. The zero-order valence-corrected chi connectivity index (χ0v) is 15.9. The molecule has 5 atom stereocenters. The molecule has 0 aliphatic carbocycles. The molecule has 1 heterocycles. The van der Waals surface area contributed by atoms with Gasteiger partial charge in [-0.05, 0) is 36.2 Å². The maximum absolute atomic E-state index is 12.5. The Bertz CT molecular complexity index is 829. The van der Waals surface area contributed by atoms with Crippen molar-refractivity contribution >= 4 is 5.91 Å². The Morgan fingerprint density at radius 1 is 1.03 bits per heavy atom. The van der Waals surface area contributed by atoms with Gasteiger partial charge in [0.15, 0.2) is 6.29 Å². The third-order valence-electron chi connectivity index (χ3n) is 4.84. The van der Waals surface area contributed by atoms with Crippen LogP contribution in [0.4, 0.5) is 0 Å². The first-order valence-electron chi connectivity index (χ1n) is 9.30. The lowest BCUT2D eigenvalue weighted by atomic mass is 9.99. The van der Waals surface area contributed by atoms with E-state index in [4.69, 9.17) is 9.47 Å². The molecule has 29 heavy (non-hydrogen) atoms. The van der Waals surface area contributed by atoms with Crippen LogP contribution in [-0.4, -0.2) is 63.6 Å². The summed E-state index contributed by atoms with van der Waals surface area (Å²) in [5, 5.41) is 41.3. The molecule has 3 rings (SSSR count). The lowest BCUT2D eigenvalue weighted by Crippen LogP contribution is -2.60. The van der Waals surface area contributed by atoms with Crippen molar-refractivity contribution in [2.45, 2.75) is 44.2 Å². The van der Waals surface area contributed by atoms with Crippen LogP contribution in [0.25, 0.3) is 0 Å². The quantitative estimate of drug-likeness (QED) is 0.463. The lowest BCUT2D eigenvalue weighted by Gasteiger charge is -2.38. The molecule has 5 N–H and O–H groups in total. The summed E-state index contributed by atoms with van der Waals surface area (Å²) in [7, 11) is 0. The van der Waals surface area contributed by atoms with Gasteiger partial charge in [0.1, 0.15) is 36.8 Å². The normalized spacial score (nSPS) is 26.7. The molecule has 2 aromatic carbocycles. The molecule has 1 aliphatic rings. The topological polar surface area (TPSA) is 128 Å². The molecule has 0 saturated carbocycles. The molecule has 8 heteroatoms. The van der Waals surface area contributed by atoms with E-state index in [1.807, 2.05) is 30.3 Å². The number of hydrogen-bond acceptors (Lipinski definition) is 7. The van der Waals surface area contributed by atoms with E-state index in [0.717, 1.165) is 5.56 Å². The Morgan fingerprint density at radius 2 is 1.76 bits per heavy atom. The average molecular weight is 403 g/mol. The Hall–Kier alpha value is -2.49.